The second-order valence-electron chi connectivity index (χ2n) is 3.51. The molecule has 0 aromatic carbocycles. The van der Waals surface area contributed by atoms with Crippen LogP contribution >= 0.6 is 7.82 Å². The van der Waals surface area contributed by atoms with Crippen molar-refractivity contribution >= 4 is 14.2 Å². The maximum Gasteiger partial charge on any atom is 0.267 e. The Bertz CT molecular complexity index is 295. The lowest BCUT2D eigenvalue weighted by molar-refractivity contribution is -0.753. The van der Waals surface area contributed by atoms with Crippen LogP contribution in [0, 0.1) is 0 Å². The van der Waals surface area contributed by atoms with Gasteiger partial charge in [-0.15, -0.1) is 0 Å². The molecule has 0 saturated carbocycles. The molecule has 17 heavy (non-hydrogen) atoms. The van der Waals surface area contributed by atoms with Gasteiger partial charge in [0.1, 0.15) is 6.20 Å². The van der Waals surface area contributed by atoms with Crippen LogP contribution in [0.4, 0.5) is 0 Å². The van der Waals surface area contributed by atoms with Crippen molar-refractivity contribution < 1.29 is 23.0 Å². The summed E-state index contributed by atoms with van der Waals surface area (Å²) in [6.07, 6.45) is 5.84. The number of nitrogens with zero attached hydrogens (tertiary/aromatic N) is 2. The fourth-order valence-electron chi connectivity index (χ4n) is 0.961. The van der Waals surface area contributed by atoms with E-state index in [4.69, 9.17) is 0 Å². The van der Waals surface area contributed by atoms with Crippen molar-refractivity contribution in [2.24, 2.45) is 4.99 Å². The van der Waals surface area contributed by atoms with Gasteiger partial charge in [-0.1, -0.05) is 0 Å². The fourth-order valence-corrected chi connectivity index (χ4v) is 1.67. The molecule has 0 fully saturated rings. The average Bonchev–Trinajstić information content (AvgIpc) is 2.67. The summed E-state index contributed by atoms with van der Waals surface area (Å²) in [6, 6.07) is 0. The molecule has 0 spiro atoms. The number of rotatable bonds is 5. The zero-order valence-corrected chi connectivity index (χ0v) is 11.7. The fraction of sp³-hybridized carbons (Fsp3) is 0.700. The van der Waals surface area contributed by atoms with Gasteiger partial charge in [0.05, 0.1) is 33.0 Å². The Balaban J connectivity index is 0.000000302. The Labute approximate surface area is 103 Å². The highest BCUT2D eigenvalue weighted by atomic mass is 31.2. The summed E-state index contributed by atoms with van der Waals surface area (Å²) in [4.78, 5) is 14.4. The van der Waals surface area contributed by atoms with Crippen molar-refractivity contribution in [3.63, 3.8) is 0 Å². The molecular formula is C10H21N2O4P. The standard InChI is InChI=1S/C6H11N2.C4H11O4P/c1-3-8(2)5-4-7-6-8;1-3-7-9(5,6)8-4-2/h4-6H,3H2,1-2H3;3-4H2,1-2H3,(H,5,6)/q+1;/p-1. The summed E-state index contributed by atoms with van der Waals surface area (Å²) in [5.41, 5.74) is 0. The number of quaternary nitrogens is 1. The largest absolute Gasteiger partial charge is 0.756 e. The first-order valence-corrected chi connectivity index (χ1v) is 7.02. The number of phosphoric ester groups is 1. The Hall–Kier alpha value is -0.520. The summed E-state index contributed by atoms with van der Waals surface area (Å²) in [5.74, 6) is 0. The minimum Gasteiger partial charge on any atom is -0.756 e. The van der Waals surface area contributed by atoms with Gasteiger partial charge in [0.2, 0.25) is 0 Å². The molecule has 0 radical (unpaired) electrons. The van der Waals surface area contributed by atoms with Crippen molar-refractivity contribution in [3.05, 3.63) is 12.4 Å². The molecular weight excluding hydrogens is 243 g/mol. The van der Waals surface area contributed by atoms with Gasteiger partial charge in [0.25, 0.3) is 7.82 Å². The Morgan fingerprint density at radius 1 is 1.29 bits per heavy atom. The summed E-state index contributed by atoms with van der Waals surface area (Å²) < 4.78 is 19.8. The zero-order chi connectivity index (χ0) is 13.4. The van der Waals surface area contributed by atoms with Gasteiger partial charge >= 0.3 is 0 Å². The van der Waals surface area contributed by atoms with Crippen molar-refractivity contribution in [1.82, 2.24) is 0 Å². The first-order chi connectivity index (χ1) is 7.89. The Morgan fingerprint density at radius 2 is 1.82 bits per heavy atom. The van der Waals surface area contributed by atoms with Crippen LogP contribution in [0.1, 0.15) is 20.8 Å². The smallest absolute Gasteiger partial charge is 0.267 e. The second kappa shape index (κ2) is 7.74. The molecule has 1 atom stereocenters. The zero-order valence-electron chi connectivity index (χ0n) is 10.8. The molecule has 6 nitrogen and oxygen atoms in total. The predicted octanol–water partition coefficient (Wildman–Crippen LogP) is 1.49. The highest BCUT2D eigenvalue weighted by Gasteiger charge is 2.14. The Kier molecular flexibility index (Phi) is 7.50. The van der Waals surface area contributed by atoms with Crippen LogP contribution in [-0.2, 0) is 13.6 Å². The van der Waals surface area contributed by atoms with E-state index in [1.807, 2.05) is 12.5 Å². The van der Waals surface area contributed by atoms with Crippen LogP contribution in [0.2, 0.25) is 0 Å². The van der Waals surface area contributed by atoms with E-state index in [1.54, 1.807) is 13.8 Å². The van der Waals surface area contributed by atoms with Gasteiger partial charge < -0.3 is 13.9 Å². The lowest BCUT2D eigenvalue weighted by atomic mass is 10.5. The minimum atomic E-state index is -3.94. The molecule has 0 N–H and O–H groups in total. The maximum atomic E-state index is 10.4. The third-order valence-corrected chi connectivity index (χ3v) is 3.23. The topological polar surface area (TPSA) is 71.0 Å². The van der Waals surface area contributed by atoms with E-state index in [9.17, 15) is 9.46 Å². The van der Waals surface area contributed by atoms with Gasteiger partial charge in [-0.25, -0.2) is 4.99 Å². The van der Waals surface area contributed by atoms with E-state index in [0.29, 0.717) is 0 Å². The van der Waals surface area contributed by atoms with Gasteiger partial charge in [0, 0.05) is 0 Å². The van der Waals surface area contributed by atoms with E-state index in [-0.39, 0.29) is 13.2 Å². The first kappa shape index (κ1) is 16.5. The molecule has 7 heteroatoms. The highest BCUT2D eigenvalue weighted by molar-refractivity contribution is 7.45. The van der Waals surface area contributed by atoms with Crippen LogP contribution in [0.15, 0.2) is 17.4 Å². The quantitative estimate of drug-likeness (QED) is 0.557. The van der Waals surface area contributed by atoms with E-state index in [2.05, 4.69) is 34.2 Å². The highest BCUT2D eigenvalue weighted by Crippen LogP contribution is 2.37. The molecule has 100 valence electrons. The molecule has 0 aromatic heterocycles. The monoisotopic (exact) mass is 264 g/mol. The van der Waals surface area contributed by atoms with E-state index in [0.717, 1.165) is 11.0 Å². The molecule has 1 aliphatic rings. The van der Waals surface area contributed by atoms with Crippen molar-refractivity contribution in [2.75, 3.05) is 26.8 Å². The maximum absolute atomic E-state index is 10.4. The summed E-state index contributed by atoms with van der Waals surface area (Å²) in [7, 11) is -1.82. The molecule has 1 aliphatic heterocycles. The lowest BCUT2D eigenvalue weighted by Gasteiger charge is -2.20. The van der Waals surface area contributed by atoms with Gasteiger partial charge in [-0.2, -0.15) is 0 Å². The molecule has 0 bridgehead atoms. The summed E-state index contributed by atoms with van der Waals surface area (Å²) in [5, 5.41) is 0. The predicted molar refractivity (Wildman–Crippen MR) is 65.2 cm³/mol. The minimum absolute atomic E-state index is 0.126. The molecule has 1 unspecified atom stereocenters. The van der Waals surface area contributed by atoms with Gasteiger partial charge in [-0.3, -0.25) is 9.05 Å². The Morgan fingerprint density at radius 3 is 2.06 bits per heavy atom. The summed E-state index contributed by atoms with van der Waals surface area (Å²) in [6.45, 7) is 6.65. The number of phosphoric acid groups is 1. The van der Waals surface area contributed by atoms with Crippen LogP contribution in [0.25, 0.3) is 0 Å². The molecule has 0 saturated heterocycles. The average molecular weight is 264 g/mol. The number of hydrogen-bond donors (Lipinski definition) is 0. The number of aliphatic imine (C=N–C) groups is 1. The third kappa shape index (κ3) is 7.41. The van der Waals surface area contributed by atoms with Crippen LogP contribution < -0.4 is 4.89 Å². The van der Waals surface area contributed by atoms with Gasteiger partial charge in [-0.05, 0) is 20.8 Å². The summed E-state index contributed by atoms with van der Waals surface area (Å²) >= 11 is 0. The molecule has 0 amide bonds. The SMILES string of the molecule is CCOP(=O)([O-])OCC.CC[N+]1(C)C=CN=C1. The molecule has 0 aromatic rings. The number of hydrogen-bond acceptors (Lipinski definition) is 5. The van der Waals surface area contributed by atoms with Crippen LogP contribution in [0.5, 0.6) is 0 Å². The third-order valence-electron chi connectivity index (χ3n) is 2.08. The molecule has 1 rings (SSSR count). The van der Waals surface area contributed by atoms with Crippen molar-refractivity contribution in [3.8, 4) is 0 Å². The molecule has 1 heterocycles. The second-order valence-corrected chi connectivity index (χ2v) is 4.92. The lowest BCUT2D eigenvalue weighted by Crippen LogP contribution is -2.33. The van der Waals surface area contributed by atoms with Gasteiger partial charge in [0.15, 0.2) is 6.34 Å². The van der Waals surface area contributed by atoms with Crippen LogP contribution in [0.3, 0.4) is 0 Å². The molecule has 0 aliphatic carbocycles. The normalized spacial score (nSPS) is 22.4. The van der Waals surface area contributed by atoms with E-state index in [1.165, 1.54) is 0 Å². The van der Waals surface area contributed by atoms with Crippen molar-refractivity contribution in [1.29, 1.82) is 0 Å². The van der Waals surface area contributed by atoms with E-state index < -0.39 is 7.82 Å². The first-order valence-electron chi connectivity index (χ1n) is 5.56. The van der Waals surface area contributed by atoms with E-state index >= 15 is 0 Å². The van der Waals surface area contributed by atoms with Crippen molar-refractivity contribution in [2.45, 2.75) is 20.8 Å². The van der Waals surface area contributed by atoms with Crippen LogP contribution in [-0.4, -0.2) is 37.6 Å².